The molecule has 7 nitrogen and oxygen atoms in total. The van der Waals surface area contributed by atoms with Crippen LogP contribution in [0, 0.1) is 0 Å². The van der Waals surface area contributed by atoms with Gasteiger partial charge >= 0.3 is 0 Å². The van der Waals surface area contributed by atoms with E-state index in [2.05, 4.69) is 32.8 Å². The molecule has 0 amide bonds. The van der Waals surface area contributed by atoms with Crippen molar-refractivity contribution >= 4 is 0 Å². The Bertz CT molecular complexity index is 837. The highest BCUT2D eigenvalue weighted by atomic mass is 16.3. The zero-order valence-corrected chi connectivity index (χ0v) is 13.5. The van der Waals surface area contributed by atoms with Gasteiger partial charge in [-0.15, -0.1) is 10.2 Å². The van der Waals surface area contributed by atoms with Crippen LogP contribution in [0.25, 0.3) is 5.69 Å². The summed E-state index contributed by atoms with van der Waals surface area (Å²) in [6, 6.07) is 8.17. The molecular weight excluding hydrogens is 304 g/mol. The van der Waals surface area contributed by atoms with Crippen molar-refractivity contribution in [1.82, 2.24) is 30.0 Å². The molecule has 0 atom stereocenters. The maximum Gasteiger partial charge on any atom is 0.108 e. The fraction of sp³-hybridized carbons (Fsp3) is 0.412. The first-order valence-electron chi connectivity index (χ1n) is 8.37. The Balaban J connectivity index is 1.70. The average molecular weight is 324 g/mol. The topological polar surface area (TPSA) is 81.7 Å². The van der Waals surface area contributed by atoms with Crippen LogP contribution in [-0.4, -0.2) is 35.1 Å². The fourth-order valence-electron chi connectivity index (χ4n) is 3.25. The van der Waals surface area contributed by atoms with Crippen LogP contribution in [0.2, 0.25) is 0 Å². The SMILES string of the molecule is OCc1cn(Cc2ccccc2-n2nnc3c2CCCCC3)nn1. The monoisotopic (exact) mass is 324 g/mol. The summed E-state index contributed by atoms with van der Waals surface area (Å²) in [7, 11) is 0. The normalized spacial score (nSPS) is 14.4. The summed E-state index contributed by atoms with van der Waals surface area (Å²) in [6.07, 6.45) is 7.43. The molecule has 1 aromatic carbocycles. The van der Waals surface area contributed by atoms with Crippen LogP contribution in [0.4, 0.5) is 0 Å². The summed E-state index contributed by atoms with van der Waals surface area (Å²) in [4.78, 5) is 0. The molecule has 0 spiro atoms. The summed E-state index contributed by atoms with van der Waals surface area (Å²) in [6.45, 7) is 0.482. The lowest BCUT2D eigenvalue weighted by Gasteiger charge is -2.11. The van der Waals surface area contributed by atoms with Crippen molar-refractivity contribution in [2.24, 2.45) is 0 Å². The number of para-hydroxylation sites is 1. The van der Waals surface area contributed by atoms with Crippen LogP contribution in [0.3, 0.4) is 0 Å². The van der Waals surface area contributed by atoms with Gasteiger partial charge in [0.05, 0.1) is 36.4 Å². The lowest BCUT2D eigenvalue weighted by molar-refractivity contribution is 0.276. The zero-order valence-electron chi connectivity index (χ0n) is 13.5. The molecule has 0 bridgehead atoms. The predicted octanol–water partition coefficient (Wildman–Crippen LogP) is 1.67. The number of rotatable bonds is 4. The van der Waals surface area contributed by atoms with E-state index in [0.29, 0.717) is 12.2 Å². The van der Waals surface area contributed by atoms with Gasteiger partial charge in [0.2, 0.25) is 0 Å². The Morgan fingerprint density at radius 2 is 1.88 bits per heavy atom. The highest BCUT2D eigenvalue weighted by Gasteiger charge is 2.18. The number of nitrogens with zero attached hydrogens (tertiary/aromatic N) is 6. The van der Waals surface area contributed by atoms with Crippen molar-refractivity contribution in [1.29, 1.82) is 0 Å². The molecule has 0 saturated heterocycles. The predicted molar refractivity (Wildman–Crippen MR) is 87.7 cm³/mol. The van der Waals surface area contributed by atoms with E-state index in [4.69, 9.17) is 5.11 Å². The second-order valence-electron chi connectivity index (χ2n) is 6.15. The molecule has 2 heterocycles. The third-order valence-electron chi connectivity index (χ3n) is 4.47. The Kier molecular flexibility index (Phi) is 4.08. The maximum absolute atomic E-state index is 9.14. The minimum Gasteiger partial charge on any atom is -0.390 e. The molecule has 1 N–H and O–H groups in total. The minimum atomic E-state index is -0.0990. The first kappa shape index (κ1) is 15.0. The molecule has 7 heteroatoms. The Hall–Kier alpha value is -2.54. The molecule has 0 saturated carbocycles. The van der Waals surface area contributed by atoms with E-state index in [0.717, 1.165) is 29.8 Å². The number of benzene rings is 1. The Morgan fingerprint density at radius 1 is 1.00 bits per heavy atom. The van der Waals surface area contributed by atoms with E-state index in [9.17, 15) is 0 Å². The average Bonchev–Trinajstić information content (AvgIpc) is 3.16. The van der Waals surface area contributed by atoms with Gasteiger partial charge in [0.15, 0.2) is 0 Å². The van der Waals surface area contributed by atoms with Crippen molar-refractivity contribution < 1.29 is 5.11 Å². The first-order chi connectivity index (χ1) is 11.8. The number of aromatic nitrogens is 6. The molecule has 3 aromatic rings. The van der Waals surface area contributed by atoms with Gasteiger partial charge in [-0.25, -0.2) is 9.36 Å². The number of hydrogen-bond acceptors (Lipinski definition) is 5. The van der Waals surface area contributed by atoms with Crippen LogP contribution >= 0.6 is 0 Å². The lowest BCUT2D eigenvalue weighted by atomic mass is 10.1. The van der Waals surface area contributed by atoms with Crippen molar-refractivity contribution in [3.8, 4) is 5.69 Å². The van der Waals surface area contributed by atoms with Gasteiger partial charge in [-0.3, -0.25) is 0 Å². The summed E-state index contributed by atoms with van der Waals surface area (Å²) in [5.74, 6) is 0. The third kappa shape index (κ3) is 2.82. The van der Waals surface area contributed by atoms with E-state index in [-0.39, 0.29) is 6.61 Å². The molecule has 1 aliphatic carbocycles. The highest BCUT2D eigenvalue weighted by molar-refractivity contribution is 5.42. The maximum atomic E-state index is 9.14. The molecule has 0 fully saturated rings. The van der Waals surface area contributed by atoms with Crippen LogP contribution in [0.1, 0.15) is 41.9 Å². The van der Waals surface area contributed by atoms with E-state index >= 15 is 0 Å². The van der Waals surface area contributed by atoms with Gasteiger partial charge in [0.25, 0.3) is 0 Å². The molecule has 4 rings (SSSR count). The van der Waals surface area contributed by atoms with Gasteiger partial charge < -0.3 is 5.11 Å². The number of hydrogen-bond donors (Lipinski definition) is 1. The summed E-state index contributed by atoms with van der Waals surface area (Å²) < 4.78 is 3.72. The van der Waals surface area contributed by atoms with Gasteiger partial charge in [0, 0.05) is 0 Å². The number of fused-ring (bicyclic) bond motifs is 1. The molecule has 124 valence electrons. The third-order valence-corrected chi connectivity index (χ3v) is 4.47. The van der Waals surface area contributed by atoms with Crippen LogP contribution in [0.15, 0.2) is 30.5 Å². The first-order valence-corrected chi connectivity index (χ1v) is 8.37. The standard InChI is InChI=1S/C17H20N6O/c24-12-14-11-22(20-18-14)10-13-6-4-5-8-16(13)23-17-9-3-1-2-7-15(17)19-21-23/h4-6,8,11,24H,1-3,7,9-10,12H2. The largest absolute Gasteiger partial charge is 0.390 e. The molecule has 0 aliphatic heterocycles. The van der Waals surface area contributed by atoms with Crippen LogP contribution in [0.5, 0.6) is 0 Å². The number of aliphatic hydroxyl groups is 1. The van der Waals surface area contributed by atoms with Gasteiger partial charge in [-0.1, -0.05) is 35.0 Å². The van der Waals surface area contributed by atoms with E-state index < -0.39 is 0 Å². The van der Waals surface area contributed by atoms with Crippen molar-refractivity contribution in [2.45, 2.75) is 45.3 Å². The van der Waals surface area contributed by atoms with Crippen LogP contribution in [-0.2, 0) is 26.0 Å². The second kappa shape index (κ2) is 6.52. The lowest BCUT2D eigenvalue weighted by Crippen LogP contribution is -2.09. The molecule has 1 aliphatic rings. The molecular formula is C17H20N6O. The summed E-state index contributed by atoms with van der Waals surface area (Å²) in [5.41, 5.74) is 5.07. The number of aliphatic hydroxyl groups excluding tert-OH is 1. The van der Waals surface area contributed by atoms with Crippen molar-refractivity contribution in [3.63, 3.8) is 0 Å². The van der Waals surface area contributed by atoms with Gasteiger partial charge in [-0.2, -0.15) is 0 Å². The van der Waals surface area contributed by atoms with Crippen molar-refractivity contribution in [2.75, 3.05) is 0 Å². The quantitative estimate of drug-likeness (QED) is 0.738. The summed E-state index contributed by atoms with van der Waals surface area (Å²) >= 11 is 0. The molecule has 24 heavy (non-hydrogen) atoms. The second-order valence-corrected chi connectivity index (χ2v) is 6.15. The van der Waals surface area contributed by atoms with E-state index in [1.54, 1.807) is 10.9 Å². The highest BCUT2D eigenvalue weighted by Crippen LogP contribution is 2.23. The van der Waals surface area contributed by atoms with Crippen molar-refractivity contribution in [3.05, 3.63) is 53.1 Å². The smallest absolute Gasteiger partial charge is 0.108 e. The Morgan fingerprint density at radius 3 is 2.75 bits per heavy atom. The number of aryl methyl sites for hydroxylation is 1. The van der Waals surface area contributed by atoms with Gasteiger partial charge in [0.1, 0.15) is 5.69 Å². The van der Waals surface area contributed by atoms with E-state index in [1.165, 1.54) is 25.0 Å². The Labute approximate surface area is 139 Å². The molecule has 2 aromatic heterocycles. The summed E-state index contributed by atoms with van der Waals surface area (Å²) in [5, 5.41) is 26.0. The van der Waals surface area contributed by atoms with Gasteiger partial charge in [-0.05, 0) is 37.3 Å². The molecule has 0 unspecified atom stereocenters. The molecule has 0 radical (unpaired) electrons. The van der Waals surface area contributed by atoms with E-state index in [1.807, 2.05) is 16.8 Å². The minimum absolute atomic E-state index is 0.0990. The zero-order chi connectivity index (χ0) is 16.4. The van der Waals surface area contributed by atoms with Crippen LogP contribution < -0.4 is 0 Å². The fourth-order valence-corrected chi connectivity index (χ4v) is 3.25.